The van der Waals surface area contributed by atoms with Gasteiger partial charge in [-0.15, -0.1) is 0 Å². The molecule has 8 nitrogen and oxygen atoms in total. The lowest BCUT2D eigenvalue weighted by atomic mass is 10.3. The van der Waals surface area contributed by atoms with Crippen LogP contribution in [0.2, 0.25) is 5.02 Å². The summed E-state index contributed by atoms with van der Waals surface area (Å²) in [5.74, 6) is 3.74. The van der Waals surface area contributed by atoms with Crippen LogP contribution in [0.25, 0.3) is 0 Å². The lowest BCUT2D eigenvalue weighted by Gasteiger charge is -2.20. The topological polar surface area (TPSA) is 80.2 Å². The second-order valence-electron chi connectivity index (χ2n) is 7.13. The van der Waals surface area contributed by atoms with E-state index >= 15 is 0 Å². The van der Waals surface area contributed by atoms with Crippen molar-refractivity contribution in [3.63, 3.8) is 0 Å². The number of pyridine rings is 1. The smallest absolute Gasteiger partial charge is 0.191 e. The average Bonchev–Trinajstić information content (AvgIpc) is 3.26. The third-order valence-electron chi connectivity index (χ3n) is 5.00. The monoisotopic (exact) mass is 447 g/mol. The maximum Gasteiger partial charge on any atom is 0.191 e. The number of hydrogen-bond acceptors (Lipinski definition) is 6. The molecule has 9 heteroatoms. The van der Waals surface area contributed by atoms with Crippen molar-refractivity contribution in [2.45, 2.75) is 18.9 Å². The molecule has 0 saturated carbocycles. The molecule has 0 aliphatic carbocycles. The van der Waals surface area contributed by atoms with Gasteiger partial charge in [-0.3, -0.25) is 4.99 Å². The van der Waals surface area contributed by atoms with Gasteiger partial charge in [0.05, 0.1) is 25.8 Å². The van der Waals surface area contributed by atoms with Crippen molar-refractivity contribution in [3.05, 3.63) is 41.6 Å². The fourth-order valence-electron chi connectivity index (χ4n) is 3.40. The molecule has 168 valence electrons. The number of rotatable bonds is 9. The highest BCUT2D eigenvalue weighted by Crippen LogP contribution is 2.27. The summed E-state index contributed by atoms with van der Waals surface area (Å²) in [5.41, 5.74) is 0. The summed E-state index contributed by atoms with van der Waals surface area (Å²) in [6, 6.07) is 9.50. The Morgan fingerprint density at radius 1 is 1.23 bits per heavy atom. The van der Waals surface area contributed by atoms with E-state index in [1.807, 2.05) is 30.3 Å². The SMILES string of the molecule is CN=C(NCCCOc1cc(OC)cc(OC)c1)NC1CCN(c2ncccc2Cl)C1. The number of aromatic nitrogens is 1. The molecular formula is C22H30ClN5O3. The molecule has 0 bridgehead atoms. The largest absolute Gasteiger partial charge is 0.496 e. The van der Waals surface area contributed by atoms with Crippen LogP contribution >= 0.6 is 11.6 Å². The Kier molecular flexibility index (Phi) is 8.46. The number of methoxy groups -OCH3 is 2. The third-order valence-corrected chi connectivity index (χ3v) is 5.29. The number of halogens is 1. The quantitative estimate of drug-likeness (QED) is 0.347. The molecule has 1 unspecified atom stereocenters. The van der Waals surface area contributed by atoms with Gasteiger partial charge in [-0.1, -0.05) is 11.6 Å². The van der Waals surface area contributed by atoms with Crippen molar-refractivity contribution in [1.29, 1.82) is 0 Å². The molecular weight excluding hydrogens is 418 g/mol. The molecule has 1 saturated heterocycles. The van der Waals surface area contributed by atoms with Gasteiger partial charge in [0.15, 0.2) is 5.96 Å². The van der Waals surface area contributed by atoms with E-state index in [0.717, 1.165) is 50.0 Å². The summed E-state index contributed by atoms with van der Waals surface area (Å²) >= 11 is 6.27. The van der Waals surface area contributed by atoms with E-state index in [9.17, 15) is 0 Å². The van der Waals surface area contributed by atoms with E-state index in [4.69, 9.17) is 25.8 Å². The van der Waals surface area contributed by atoms with Crippen LogP contribution in [0.3, 0.4) is 0 Å². The van der Waals surface area contributed by atoms with E-state index in [2.05, 4.69) is 25.5 Å². The molecule has 3 rings (SSSR count). The number of anilines is 1. The molecule has 1 aromatic heterocycles. The zero-order valence-corrected chi connectivity index (χ0v) is 19.0. The molecule has 2 aromatic rings. The van der Waals surface area contributed by atoms with Gasteiger partial charge >= 0.3 is 0 Å². The molecule has 1 atom stereocenters. The van der Waals surface area contributed by atoms with Gasteiger partial charge < -0.3 is 29.7 Å². The number of nitrogens with one attached hydrogen (secondary N) is 2. The van der Waals surface area contributed by atoms with Crippen LogP contribution in [-0.4, -0.2) is 64.5 Å². The van der Waals surface area contributed by atoms with Crippen molar-refractivity contribution in [1.82, 2.24) is 15.6 Å². The molecule has 0 amide bonds. The van der Waals surface area contributed by atoms with Gasteiger partial charge in [-0.05, 0) is 25.0 Å². The summed E-state index contributed by atoms with van der Waals surface area (Å²) < 4.78 is 16.4. The van der Waals surface area contributed by atoms with Gasteiger partial charge in [-0.2, -0.15) is 0 Å². The maximum absolute atomic E-state index is 6.27. The highest BCUT2D eigenvalue weighted by Gasteiger charge is 2.25. The molecule has 1 aliphatic rings. The normalized spacial score (nSPS) is 16.2. The Bertz CT molecular complexity index is 858. The number of hydrogen-bond donors (Lipinski definition) is 2. The lowest BCUT2D eigenvalue weighted by molar-refractivity contribution is 0.305. The summed E-state index contributed by atoms with van der Waals surface area (Å²) in [4.78, 5) is 10.9. The van der Waals surface area contributed by atoms with Crippen molar-refractivity contribution in [2.24, 2.45) is 4.99 Å². The van der Waals surface area contributed by atoms with Crippen LogP contribution in [0, 0.1) is 0 Å². The fraction of sp³-hybridized carbons (Fsp3) is 0.455. The van der Waals surface area contributed by atoms with Gasteiger partial charge in [0.25, 0.3) is 0 Å². The Morgan fingerprint density at radius 2 is 1.97 bits per heavy atom. The maximum atomic E-state index is 6.27. The summed E-state index contributed by atoms with van der Waals surface area (Å²) in [5, 5.41) is 7.50. The zero-order valence-electron chi connectivity index (χ0n) is 18.2. The minimum absolute atomic E-state index is 0.282. The summed E-state index contributed by atoms with van der Waals surface area (Å²) in [6.07, 6.45) is 3.58. The summed E-state index contributed by atoms with van der Waals surface area (Å²) in [7, 11) is 5.02. The van der Waals surface area contributed by atoms with Gasteiger partial charge in [0, 0.05) is 57.1 Å². The van der Waals surface area contributed by atoms with Crippen LogP contribution in [-0.2, 0) is 0 Å². The Balaban J connectivity index is 1.39. The summed E-state index contributed by atoms with van der Waals surface area (Å²) in [6.45, 7) is 3.04. The van der Waals surface area contributed by atoms with Gasteiger partial charge in [0.1, 0.15) is 23.1 Å². The predicted octanol–water partition coefficient (Wildman–Crippen LogP) is 2.97. The minimum Gasteiger partial charge on any atom is -0.496 e. The first kappa shape index (κ1) is 22.8. The molecule has 0 radical (unpaired) electrons. The van der Waals surface area contributed by atoms with Crippen molar-refractivity contribution >= 4 is 23.4 Å². The predicted molar refractivity (Wildman–Crippen MR) is 124 cm³/mol. The van der Waals surface area contributed by atoms with E-state index in [1.165, 1.54) is 0 Å². The molecule has 1 aromatic carbocycles. The zero-order chi connectivity index (χ0) is 22.1. The Morgan fingerprint density at radius 3 is 2.65 bits per heavy atom. The van der Waals surface area contributed by atoms with Crippen LogP contribution in [0.5, 0.6) is 17.2 Å². The standard InChI is InChI=1S/C22H30ClN5O3/c1-24-22(27-16-7-10-28(15-16)21-20(23)6-4-8-25-21)26-9-5-11-31-19-13-17(29-2)12-18(14-19)30-3/h4,6,8,12-14,16H,5,7,9-11,15H2,1-3H3,(H2,24,26,27). The van der Waals surface area contributed by atoms with E-state index in [-0.39, 0.29) is 6.04 Å². The number of ether oxygens (including phenoxy) is 3. The van der Waals surface area contributed by atoms with Crippen LogP contribution in [0.4, 0.5) is 5.82 Å². The van der Waals surface area contributed by atoms with Crippen molar-refractivity contribution in [3.8, 4) is 17.2 Å². The fourth-order valence-corrected chi connectivity index (χ4v) is 3.64. The van der Waals surface area contributed by atoms with Crippen LogP contribution in [0.1, 0.15) is 12.8 Å². The average molecular weight is 448 g/mol. The first-order valence-corrected chi connectivity index (χ1v) is 10.7. The molecule has 31 heavy (non-hydrogen) atoms. The Labute approximate surface area is 188 Å². The molecule has 1 fully saturated rings. The lowest BCUT2D eigenvalue weighted by Crippen LogP contribution is -2.45. The third kappa shape index (κ3) is 6.55. The number of aliphatic imine (C=N–C) groups is 1. The van der Waals surface area contributed by atoms with Gasteiger partial charge in [0.2, 0.25) is 0 Å². The van der Waals surface area contributed by atoms with Crippen molar-refractivity contribution in [2.75, 3.05) is 52.4 Å². The van der Waals surface area contributed by atoms with E-state index < -0.39 is 0 Å². The Hall–Kier alpha value is -2.87. The van der Waals surface area contributed by atoms with Gasteiger partial charge in [-0.25, -0.2) is 4.98 Å². The molecule has 1 aliphatic heterocycles. The minimum atomic E-state index is 0.282. The van der Waals surface area contributed by atoms with Crippen molar-refractivity contribution < 1.29 is 14.2 Å². The molecule has 2 heterocycles. The first-order chi connectivity index (χ1) is 15.1. The molecule has 0 spiro atoms. The second-order valence-corrected chi connectivity index (χ2v) is 7.54. The number of guanidine groups is 1. The number of benzene rings is 1. The molecule has 2 N–H and O–H groups in total. The van der Waals surface area contributed by atoms with E-state index in [1.54, 1.807) is 27.5 Å². The second kappa shape index (κ2) is 11.5. The number of nitrogens with zero attached hydrogens (tertiary/aromatic N) is 3. The highest BCUT2D eigenvalue weighted by atomic mass is 35.5. The van der Waals surface area contributed by atoms with E-state index in [0.29, 0.717) is 23.1 Å². The van der Waals surface area contributed by atoms with Crippen LogP contribution in [0.15, 0.2) is 41.5 Å². The first-order valence-electron chi connectivity index (χ1n) is 10.3. The van der Waals surface area contributed by atoms with Crippen LogP contribution < -0.4 is 29.7 Å². The highest BCUT2D eigenvalue weighted by molar-refractivity contribution is 6.32.